The minimum absolute atomic E-state index is 0.0324. The SMILES string of the molecule is O=C(c1nc2n(n1)C(c1ccccc1Cl)CC2F)C1CC1. The molecule has 1 aliphatic carbocycles. The van der Waals surface area contributed by atoms with Crippen LogP contribution in [-0.4, -0.2) is 20.5 Å². The van der Waals surface area contributed by atoms with Crippen LogP contribution in [0.4, 0.5) is 4.39 Å². The average molecular weight is 306 g/mol. The van der Waals surface area contributed by atoms with Crippen LogP contribution in [0.3, 0.4) is 0 Å². The number of carbonyl (C=O) groups excluding carboxylic acids is 1. The van der Waals surface area contributed by atoms with Crippen molar-refractivity contribution >= 4 is 17.4 Å². The summed E-state index contributed by atoms with van der Waals surface area (Å²) >= 11 is 6.20. The highest BCUT2D eigenvalue weighted by molar-refractivity contribution is 6.31. The number of hydrogen-bond donors (Lipinski definition) is 0. The second kappa shape index (κ2) is 4.63. The highest BCUT2D eigenvalue weighted by atomic mass is 35.5. The van der Waals surface area contributed by atoms with Crippen LogP contribution in [0.2, 0.25) is 5.02 Å². The van der Waals surface area contributed by atoms with Crippen LogP contribution in [0.15, 0.2) is 24.3 Å². The molecule has 1 aromatic heterocycles. The molecule has 1 saturated carbocycles. The normalized spacial score (nSPS) is 24.1. The van der Waals surface area contributed by atoms with Crippen molar-refractivity contribution < 1.29 is 9.18 Å². The first-order chi connectivity index (χ1) is 10.1. The van der Waals surface area contributed by atoms with E-state index >= 15 is 0 Å². The van der Waals surface area contributed by atoms with E-state index in [2.05, 4.69) is 10.1 Å². The number of hydrogen-bond acceptors (Lipinski definition) is 3. The Morgan fingerprint density at radius 3 is 2.81 bits per heavy atom. The van der Waals surface area contributed by atoms with E-state index in [1.165, 1.54) is 4.68 Å². The van der Waals surface area contributed by atoms with Gasteiger partial charge in [0.1, 0.15) is 0 Å². The van der Waals surface area contributed by atoms with E-state index in [-0.39, 0.29) is 35.8 Å². The maximum atomic E-state index is 14.2. The number of carbonyl (C=O) groups is 1. The summed E-state index contributed by atoms with van der Waals surface area (Å²) in [6.07, 6.45) is 0.821. The van der Waals surface area contributed by atoms with Gasteiger partial charge in [-0.3, -0.25) is 4.79 Å². The van der Waals surface area contributed by atoms with E-state index in [1.807, 2.05) is 18.2 Å². The van der Waals surface area contributed by atoms with Crippen molar-refractivity contribution in [3.63, 3.8) is 0 Å². The van der Waals surface area contributed by atoms with Gasteiger partial charge in [-0.15, -0.1) is 5.10 Å². The number of rotatable bonds is 3. The fourth-order valence-corrected chi connectivity index (χ4v) is 3.08. The Bertz CT molecular complexity index is 725. The van der Waals surface area contributed by atoms with Gasteiger partial charge in [0.25, 0.3) is 0 Å². The molecule has 0 spiro atoms. The highest BCUT2D eigenvalue weighted by Crippen LogP contribution is 2.42. The molecule has 4 nitrogen and oxygen atoms in total. The number of halogens is 2. The molecular formula is C15H13ClFN3O. The molecule has 1 fully saturated rings. The highest BCUT2D eigenvalue weighted by Gasteiger charge is 2.39. The fraction of sp³-hybridized carbons (Fsp3) is 0.400. The van der Waals surface area contributed by atoms with Crippen molar-refractivity contribution in [2.24, 2.45) is 5.92 Å². The van der Waals surface area contributed by atoms with Gasteiger partial charge in [-0.05, 0) is 24.5 Å². The van der Waals surface area contributed by atoms with E-state index < -0.39 is 6.17 Å². The van der Waals surface area contributed by atoms with Crippen LogP contribution in [-0.2, 0) is 0 Å². The predicted octanol–water partition coefficient (Wildman–Crippen LogP) is 3.53. The topological polar surface area (TPSA) is 47.8 Å². The number of alkyl halides is 1. The van der Waals surface area contributed by atoms with Crippen molar-refractivity contribution in [2.45, 2.75) is 31.5 Å². The zero-order valence-electron chi connectivity index (χ0n) is 11.2. The Hall–Kier alpha value is -1.75. The van der Waals surface area contributed by atoms with Gasteiger partial charge in [-0.1, -0.05) is 29.8 Å². The largest absolute Gasteiger partial charge is 0.290 e. The number of fused-ring (bicyclic) bond motifs is 1. The molecule has 0 saturated heterocycles. The third-order valence-corrected chi connectivity index (χ3v) is 4.44. The van der Waals surface area contributed by atoms with Gasteiger partial charge in [0.15, 0.2) is 12.0 Å². The molecule has 0 bridgehead atoms. The second-order valence-corrected chi connectivity index (χ2v) is 6.02. The number of aromatic nitrogens is 3. The first kappa shape index (κ1) is 13.0. The lowest BCUT2D eigenvalue weighted by atomic mass is 10.0. The average Bonchev–Trinajstić information content (AvgIpc) is 3.15. The molecule has 2 aliphatic rings. The van der Waals surface area contributed by atoms with Gasteiger partial charge in [0.2, 0.25) is 11.6 Å². The summed E-state index contributed by atoms with van der Waals surface area (Å²) in [5, 5.41) is 4.84. The second-order valence-electron chi connectivity index (χ2n) is 5.62. The van der Waals surface area contributed by atoms with E-state index in [0.717, 1.165) is 18.4 Å². The molecule has 2 atom stereocenters. The molecule has 108 valence electrons. The third kappa shape index (κ3) is 2.07. The van der Waals surface area contributed by atoms with Gasteiger partial charge < -0.3 is 0 Å². The molecule has 6 heteroatoms. The zero-order chi connectivity index (χ0) is 14.6. The molecule has 0 radical (unpaired) electrons. The Kier molecular flexibility index (Phi) is 2.85. The third-order valence-electron chi connectivity index (χ3n) is 4.10. The number of ketones is 1. The molecule has 2 heterocycles. The minimum Gasteiger partial charge on any atom is -0.290 e. The van der Waals surface area contributed by atoms with Crippen LogP contribution in [0.5, 0.6) is 0 Å². The lowest BCUT2D eigenvalue weighted by Gasteiger charge is -2.13. The predicted molar refractivity (Wildman–Crippen MR) is 75.1 cm³/mol. The van der Waals surface area contributed by atoms with Crippen LogP contribution >= 0.6 is 11.6 Å². The van der Waals surface area contributed by atoms with Crippen LogP contribution in [0.1, 0.15) is 53.5 Å². The lowest BCUT2D eigenvalue weighted by molar-refractivity contribution is 0.0956. The smallest absolute Gasteiger partial charge is 0.217 e. The Labute approximate surface area is 125 Å². The maximum absolute atomic E-state index is 14.2. The molecule has 21 heavy (non-hydrogen) atoms. The van der Waals surface area contributed by atoms with Crippen LogP contribution in [0, 0.1) is 5.92 Å². The summed E-state index contributed by atoms with van der Waals surface area (Å²) < 4.78 is 15.7. The molecule has 1 aliphatic heterocycles. The summed E-state index contributed by atoms with van der Waals surface area (Å²) in [5.41, 5.74) is 0.816. The minimum atomic E-state index is -1.21. The van der Waals surface area contributed by atoms with Crippen molar-refractivity contribution in [2.75, 3.05) is 0 Å². The van der Waals surface area contributed by atoms with Gasteiger partial charge in [0, 0.05) is 17.4 Å². The molecule has 4 rings (SSSR count). The summed E-state index contributed by atoms with van der Waals surface area (Å²) in [6.45, 7) is 0. The van der Waals surface area contributed by atoms with Gasteiger partial charge >= 0.3 is 0 Å². The summed E-state index contributed by atoms with van der Waals surface area (Å²) in [6, 6.07) is 7.03. The first-order valence-electron chi connectivity index (χ1n) is 7.04. The summed E-state index contributed by atoms with van der Waals surface area (Å²) in [4.78, 5) is 16.2. The van der Waals surface area contributed by atoms with Gasteiger partial charge in [0.05, 0.1) is 6.04 Å². The van der Waals surface area contributed by atoms with Crippen molar-refractivity contribution in [1.29, 1.82) is 0 Å². The summed E-state index contributed by atoms with van der Waals surface area (Å²) in [5.74, 6) is 0.350. The van der Waals surface area contributed by atoms with Gasteiger partial charge in [-0.2, -0.15) is 0 Å². The molecule has 1 aromatic carbocycles. The summed E-state index contributed by atoms with van der Waals surface area (Å²) in [7, 11) is 0. The molecule has 0 N–H and O–H groups in total. The van der Waals surface area contributed by atoms with E-state index in [0.29, 0.717) is 5.02 Å². The van der Waals surface area contributed by atoms with Crippen molar-refractivity contribution in [1.82, 2.24) is 14.8 Å². The quantitative estimate of drug-likeness (QED) is 0.815. The molecule has 2 unspecified atom stereocenters. The molecule has 0 amide bonds. The van der Waals surface area contributed by atoms with Crippen molar-refractivity contribution in [3.8, 4) is 0 Å². The van der Waals surface area contributed by atoms with Crippen molar-refractivity contribution in [3.05, 3.63) is 46.5 Å². The van der Waals surface area contributed by atoms with Crippen LogP contribution in [0.25, 0.3) is 0 Å². The maximum Gasteiger partial charge on any atom is 0.217 e. The standard InChI is InChI=1S/C15H13ClFN3O/c16-10-4-2-1-3-9(10)12-7-11(17)15-18-14(19-20(12)15)13(21)8-5-6-8/h1-4,8,11-12H,5-7H2. The number of Topliss-reactive ketones (excluding diaryl/α,β-unsaturated/α-hetero) is 1. The Morgan fingerprint density at radius 2 is 2.10 bits per heavy atom. The molecule has 2 aromatic rings. The van der Waals surface area contributed by atoms with Crippen LogP contribution < -0.4 is 0 Å². The van der Waals surface area contributed by atoms with Gasteiger partial charge in [-0.25, -0.2) is 14.1 Å². The first-order valence-corrected chi connectivity index (χ1v) is 7.42. The Morgan fingerprint density at radius 1 is 1.33 bits per heavy atom. The Balaban J connectivity index is 1.75. The monoisotopic (exact) mass is 305 g/mol. The molecular weight excluding hydrogens is 293 g/mol. The number of nitrogens with zero attached hydrogens (tertiary/aromatic N) is 3. The van der Waals surface area contributed by atoms with E-state index in [9.17, 15) is 9.18 Å². The number of benzene rings is 1. The fourth-order valence-electron chi connectivity index (χ4n) is 2.82. The van der Waals surface area contributed by atoms with E-state index in [4.69, 9.17) is 11.6 Å². The zero-order valence-corrected chi connectivity index (χ0v) is 11.9. The van der Waals surface area contributed by atoms with E-state index in [1.54, 1.807) is 6.07 Å². The lowest BCUT2D eigenvalue weighted by Crippen LogP contribution is -2.11.